The summed E-state index contributed by atoms with van der Waals surface area (Å²) in [4.78, 5) is 25.8. The molecular weight excluding hydrogens is 323 g/mol. The van der Waals surface area contributed by atoms with Crippen molar-refractivity contribution in [1.29, 1.82) is 0 Å². The van der Waals surface area contributed by atoms with E-state index in [2.05, 4.69) is 39.3 Å². The molecule has 3 aromatic heterocycles. The third kappa shape index (κ3) is 2.55. The van der Waals surface area contributed by atoms with Gasteiger partial charge in [-0.2, -0.15) is 0 Å². The number of aromatic nitrogens is 6. The van der Waals surface area contributed by atoms with E-state index >= 15 is 0 Å². The fraction of sp³-hybridized carbons (Fsp3) is 0.438. The molecule has 4 heterocycles. The van der Waals surface area contributed by atoms with E-state index < -0.39 is 5.82 Å². The maximum atomic E-state index is 13.0. The monoisotopic (exact) mass is 340 g/mol. The van der Waals surface area contributed by atoms with Crippen LogP contribution in [0.5, 0.6) is 0 Å². The van der Waals surface area contributed by atoms with E-state index in [9.17, 15) is 4.39 Å². The van der Waals surface area contributed by atoms with Gasteiger partial charge in [-0.15, -0.1) is 0 Å². The summed E-state index contributed by atoms with van der Waals surface area (Å²) in [6, 6.07) is 0.542. The molecule has 9 heteroatoms. The number of hydrogen-bond donors (Lipinski definition) is 0. The van der Waals surface area contributed by atoms with E-state index in [1.54, 1.807) is 6.33 Å². The Morgan fingerprint density at radius 1 is 0.880 bits per heavy atom. The van der Waals surface area contributed by atoms with Crippen molar-refractivity contribution in [2.45, 2.75) is 18.9 Å². The fourth-order valence-electron chi connectivity index (χ4n) is 3.28. The van der Waals surface area contributed by atoms with E-state index in [0.717, 1.165) is 43.2 Å². The van der Waals surface area contributed by atoms with E-state index in [1.165, 1.54) is 25.2 Å². The van der Waals surface area contributed by atoms with Gasteiger partial charge in [0.15, 0.2) is 22.8 Å². The molecule has 1 aliphatic heterocycles. The van der Waals surface area contributed by atoms with Crippen molar-refractivity contribution in [2.75, 3.05) is 36.0 Å². The van der Waals surface area contributed by atoms with Gasteiger partial charge in [0.1, 0.15) is 6.33 Å². The summed E-state index contributed by atoms with van der Waals surface area (Å²) in [6.07, 6.45) is 8.29. The highest BCUT2D eigenvalue weighted by molar-refractivity contribution is 5.83. The molecule has 0 radical (unpaired) electrons. The van der Waals surface area contributed by atoms with Crippen LogP contribution in [-0.2, 0) is 0 Å². The number of halogens is 1. The highest BCUT2D eigenvalue weighted by Crippen LogP contribution is 2.37. The topological polar surface area (TPSA) is 75.9 Å². The lowest BCUT2D eigenvalue weighted by atomic mass is 10.3. The van der Waals surface area contributed by atoms with Gasteiger partial charge in [0.05, 0.1) is 18.7 Å². The van der Waals surface area contributed by atoms with Gasteiger partial charge in [-0.05, 0) is 12.8 Å². The molecule has 0 atom stereocenters. The zero-order valence-electron chi connectivity index (χ0n) is 13.6. The van der Waals surface area contributed by atoms with Crippen LogP contribution in [0.15, 0.2) is 25.0 Å². The lowest BCUT2D eigenvalue weighted by molar-refractivity contribution is 0.602. The zero-order valence-corrected chi connectivity index (χ0v) is 13.6. The van der Waals surface area contributed by atoms with Crippen LogP contribution in [0, 0.1) is 5.82 Å². The molecule has 2 aliphatic rings. The van der Waals surface area contributed by atoms with Crippen LogP contribution >= 0.6 is 0 Å². The van der Waals surface area contributed by atoms with E-state index in [0.29, 0.717) is 12.0 Å². The maximum Gasteiger partial charge on any atom is 0.225 e. The molecule has 2 fully saturated rings. The molecular formula is C16H17FN8. The highest BCUT2D eigenvalue weighted by Gasteiger charge is 2.28. The number of rotatable bonds is 3. The first-order valence-electron chi connectivity index (χ1n) is 8.44. The number of piperazine rings is 1. The number of anilines is 2. The van der Waals surface area contributed by atoms with Crippen LogP contribution in [0.2, 0.25) is 0 Å². The van der Waals surface area contributed by atoms with Gasteiger partial charge in [0.25, 0.3) is 0 Å². The van der Waals surface area contributed by atoms with Crippen molar-refractivity contribution in [3.63, 3.8) is 0 Å². The third-order valence-electron chi connectivity index (χ3n) is 4.75. The summed E-state index contributed by atoms with van der Waals surface area (Å²) in [5.41, 5.74) is 1.78. The molecule has 3 aromatic rings. The molecule has 1 saturated heterocycles. The summed E-state index contributed by atoms with van der Waals surface area (Å²) < 4.78 is 15.1. The largest absolute Gasteiger partial charge is 0.351 e. The van der Waals surface area contributed by atoms with Crippen molar-refractivity contribution in [3.05, 3.63) is 30.9 Å². The minimum absolute atomic E-state index is 0.419. The SMILES string of the molecule is Fc1cnc(N2CCN(c3ncnc4c3ncn4C3CC3)CC2)nc1. The minimum atomic E-state index is -0.419. The molecule has 0 amide bonds. The number of fused-ring (bicyclic) bond motifs is 1. The molecule has 1 saturated carbocycles. The lowest BCUT2D eigenvalue weighted by Crippen LogP contribution is -2.47. The summed E-state index contributed by atoms with van der Waals surface area (Å²) in [5.74, 6) is 1.02. The van der Waals surface area contributed by atoms with Gasteiger partial charge in [-0.3, -0.25) is 0 Å². The molecule has 0 aromatic carbocycles. The second-order valence-corrected chi connectivity index (χ2v) is 6.43. The van der Waals surface area contributed by atoms with Crippen LogP contribution in [0.4, 0.5) is 16.2 Å². The van der Waals surface area contributed by atoms with Crippen molar-refractivity contribution in [2.24, 2.45) is 0 Å². The molecule has 0 N–H and O–H groups in total. The molecule has 1 aliphatic carbocycles. The van der Waals surface area contributed by atoms with Gasteiger partial charge >= 0.3 is 0 Å². The normalized spacial score (nSPS) is 18.1. The molecule has 5 rings (SSSR count). The van der Waals surface area contributed by atoms with Crippen LogP contribution < -0.4 is 9.80 Å². The predicted octanol–water partition coefficient (Wildman–Crippen LogP) is 1.42. The first kappa shape index (κ1) is 14.5. The summed E-state index contributed by atoms with van der Waals surface area (Å²) >= 11 is 0. The second-order valence-electron chi connectivity index (χ2n) is 6.43. The van der Waals surface area contributed by atoms with Gasteiger partial charge in [0, 0.05) is 32.2 Å². The Morgan fingerprint density at radius 3 is 2.32 bits per heavy atom. The Kier molecular flexibility index (Phi) is 3.25. The Labute approximate surface area is 143 Å². The fourth-order valence-corrected chi connectivity index (χ4v) is 3.28. The number of hydrogen-bond acceptors (Lipinski definition) is 7. The molecule has 8 nitrogen and oxygen atoms in total. The second kappa shape index (κ2) is 5.61. The van der Waals surface area contributed by atoms with Crippen molar-refractivity contribution in [3.8, 4) is 0 Å². The highest BCUT2D eigenvalue weighted by atomic mass is 19.1. The van der Waals surface area contributed by atoms with Gasteiger partial charge in [0.2, 0.25) is 5.95 Å². The smallest absolute Gasteiger partial charge is 0.225 e. The van der Waals surface area contributed by atoms with Crippen molar-refractivity contribution in [1.82, 2.24) is 29.5 Å². The number of nitrogens with zero attached hydrogens (tertiary/aromatic N) is 8. The lowest BCUT2D eigenvalue weighted by Gasteiger charge is -2.35. The van der Waals surface area contributed by atoms with Crippen LogP contribution in [0.1, 0.15) is 18.9 Å². The zero-order chi connectivity index (χ0) is 16.8. The number of imidazole rings is 1. The first-order valence-corrected chi connectivity index (χ1v) is 8.44. The van der Waals surface area contributed by atoms with E-state index in [1.807, 2.05) is 6.33 Å². The Balaban J connectivity index is 1.37. The van der Waals surface area contributed by atoms with E-state index in [4.69, 9.17) is 0 Å². The summed E-state index contributed by atoms with van der Waals surface area (Å²) in [6.45, 7) is 3.06. The van der Waals surface area contributed by atoms with Crippen LogP contribution in [-0.4, -0.2) is 55.7 Å². The standard InChI is InChI=1S/C16H17FN8/c17-11-7-18-16(19-8-11)24-5-3-23(4-6-24)14-13-15(21-9-20-14)25(10-22-13)12-1-2-12/h7-10,12H,1-6H2. The van der Waals surface area contributed by atoms with Crippen molar-refractivity contribution < 1.29 is 4.39 Å². The average Bonchev–Trinajstić information content (AvgIpc) is 3.41. The summed E-state index contributed by atoms with van der Waals surface area (Å²) in [7, 11) is 0. The molecule has 0 bridgehead atoms. The average molecular weight is 340 g/mol. The van der Waals surface area contributed by atoms with Gasteiger partial charge in [-0.1, -0.05) is 0 Å². The third-order valence-corrected chi connectivity index (χ3v) is 4.75. The Bertz CT molecular complexity index is 896. The van der Waals surface area contributed by atoms with Gasteiger partial charge in [-0.25, -0.2) is 29.3 Å². The summed E-state index contributed by atoms with van der Waals surface area (Å²) in [5, 5.41) is 0. The molecule has 0 unspecified atom stereocenters. The van der Waals surface area contributed by atoms with Crippen LogP contribution in [0.3, 0.4) is 0 Å². The molecule has 128 valence electrons. The first-order chi connectivity index (χ1) is 12.3. The maximum absolute atomic E-state index is 13.0. The van der Waals surface area contributed by atoms with Gasteiger partial charge < -0.3 is 14.4 Å². The Hall–Kier alpha value is -2.84. The molecule has 25 heavy (non-hydrogen) atoms. The van der Waals surface area contributed by atoms with Crippen molar-refractivity contribution >= 4 is 22.9 Å². The Morgan fingerprint density at radius 2 is 1.60 bits per heavy atom. The minimum Gasteiger partial charge on any atom is -0.351 e. The van der Waals surface area contributed by atoms with E-state index in [-0.39, 0.29) is 0 Å². The predicted molar refractivity (Wildman–Crippen MR) is 90.0 cm³/mol. The van der Waals surface area contributed by atoms with Crippen LogP contribution in [0.25, 0.3) is 11.2 Å². The quantitative estimate of drug-likeness (QED) is 0.713. The molecule has 0 spiro atoms.